The molecule has 116 valence electrons. The molecule has 1 aliphatic rings. The molecule has 0 aromatic heterocycles. The number of halogens is 2. The zero-order valence-electron chi connectivity index (χ0n) is 12.4. The number of hydrogen-bond acceptors (Lipinski definition) is 2. The van der Waals surface area contributed by atoms with Crippen molar-refractivity contribution in [3.05, 3.63) is 29.3 Å². The molecule has 0 unspecified atom stereocenters. The van der Waals surface area contributed by atoms with Gasteiger partial charge in [-0.15, -0.1) is 0 Å². The summed E-state index contributed by atoms with van der Waals surface area (Å²) < 4.78 is 28.2. The van der Waals surface area contributed by atoms with E-state index in [4.69, 9.17) is 5.11 Å². The second-order valence-electron chi connectivity index (χ2n) is 6.05. The molecular weight excluding hydrogens is 276 g/mol. The first-order valence-corrected chi connectivity index (χ1v) is 7.39. The number of aromatic carboxylic acids is 1. The van der Waals surface area contributed by atoms with Crippen LogP contribution in [0, 0.1) is 17.6 Å². The van der Waals surface area contributed by atoms with Crippen LogP contribution in [0.5, 0.6) is 0 Å². The van der Waals surface area contributed by atoms with Crippen LogP contribution in [0.25, 0.3) is 0 Å². The van der Waals surface area contributed by atoms with Crippen LogP contribution in [0.3, 0.4) is 0 Å². The maximum Gasteiger partial charge on any atom is 0.338 e. The summed E-state index contributed by atoms with van der Waals surface area (Å²) >= 11 is 0. The van der Waals surface area contributed by atoms with Crippen molar-refractivity contribution in [1.82, 2.24) is 0 Å². The monoisotopic (exact) mass is 297 g/mol. The number of nitrogens with zero attached hydrogens (tertiary/aromatic N) is 1. The molecule has 0 atom stereocenters. The molecule has 0 bridgehead atoms. The van der Waals surface area contributed by atoms with Crippen LogP contribution in [0.15, 0.2) is 12.1 Å². The van der Waals surface area contributed by atoms with E-state index in [1.165, 1.54) is 6.07 Å². The number of carbonyl (C=O) groups is 1. The summed E-state index contributed by atoms with van der Waals surface area (Å²) in [5, 5.41) is 8.86. The van der Waals surface area contributed by atoms with E-state index in [-0.39, 0.29) is 11.7 Å². The minimum atomic E-state index is -1.45. The van der Waals surface area contributed by atoms with E-state index in [2.05, 4.69) is 0 Å². The van der Waals surface area contributed by atoms with Crippen LogP contribution < -0.4 is 4.90 Å². The van der Waals surface area contributed by atoms with E-state index < -0.39 is 23.2 Å². The fourth-order valence-electron chi connectivity index (χ4n) is 2.98. The molecule has 5 heteroatoms. The van der Waals surface area contributed by atoms with E-state index in [1.807, 2.05) is 18.7 Å². The molecule has 1 aromatic rings. The van der Waals surface area contributed by atoms with Crippen LogP contribution >= 0.6 is 0 Å². The van der Waals surface area contributed by atoms with E-state index in [1.54, 1.807) is 0 Å². The lowest BCUT2D eigenvalue weighted by molar-refractivity contribution is 0.0690. The van der Waals surface area contributed by atoms with Gasteiger partial charge in [-0.1, -0.05) is 26.7 Å². The highest BCUT2D eigenvalue weighted by Crippen LogP contribution is 2.32. The molecule has 1 fully saturated rings. The fraction of sp³-hybridized carbons (Fsp3) is 0.562. The summed E-state index contributed by atoms with van der Waals surface area (Å²) in [5.41, 5.74) is -0.440. The number of benzene rings is 1. The normalized spacial score (nSPS) is 15.7. The van der Waals surface area contributed by atoms with Gasteiger partial charge in [-0.3, -0.25) is 0 Å². The molecule has 0 saturated heterocycles. The van der Waals surface area contributed by atoms with Crippen molar-refractivity contribution < 1.29 is 18.7 Å². The Balaban J connectivity index is 2.39. The number of hydrogen-bond donors (Lipinski definition) is 1. The van der Waals surface area contributed by atoms with Gasteiger partial charge >= 0.3 is 5.97 Å². The molecule has 0 spiro atoms. The van der Waals surface area contributed by atoms with Crippen LogP contribution in [0.2, 0.25) is 0 Å². The lowest BCUT2D eigenvalue weighted by Gasteiger charge is -2.33. The van der Waals surface area contributed by atoms with Gasteiger partial charge in [0.25, 0.3) is 0 Å². The second-order valence-corrected chi connectivity index (χ2v) is 6.05. The van der Waals surface area contributed by atoms with Crippen molar-refractivity contribution in [2.75, 3.05) is 11.4 Å². The summed E-state index contributed by atoms with van der Waals surface area (Å²) in [5.74, 6) is -3.46. The molecule has 21 heavy (non-hydrogen) atoms. The SMILES string of the molecule is CC(C)CN(c1ccc(C(=O)O)c(F)c1F)C1CCCC1. The Morgan fingerprint density at radius 2 is 1.90 bits per heavy atom. The molecular formula is C16H21F2NO2. The number of anilines is 1. The molecule has 0 radical (unpaired) electrons. The van der Waals surface area contributed by atoms with Gasteiger partial charge in [0.05, 0.1) is 11.3 Å². The van der Waals surface area contributed by atoms with Crippen LogP contribution in [-0.4, -0.2) is 23.7 Å². The summed E-state index contributed by atoms with van der Waals surface area (Å²) in [4.78, 5) is 12.8. The predicted octanol–water partition coefficient (Wildman–Crippen LogP) is 4.07. The Labute approximate surface area is 123 Å². The van der Waals surface area contributed by atoms with Gasteiger partial charge in [0.2, 0.25) is 0 Å². The molecule has 1 saturated carbocycles. The lowest BCUT2D eigenvalue weighted by Crippen LogP contribution is -2.37. The van der Waals surface area contributed by atoms with Gasteiger partial charge in [0.1, 0.15) is 0 Å². The molecule has 0 aliphatic heterocycles. The quantitative estimate of drug-likeness (QED) is 0.890. The lowest BCUT2D eigenvalue weighted by atomic mass is 10.1. The minimum absolute atomic E-state index is 0.179. The van der Waals surface area contributed by atoms with Gasteiger partial charge in [0, 0.05) is 12.6 Å². The van der Waals surface area contributed by atoms with Gasteiger partial charge in [-0.25, -0.2) is 13.6 Å². The van der Waals surface area contributed by atoms with Gasteiger partial charge < -0.3 is 10.0 Å². The average molecular weight is 297 g/mol. The van der Waals surface area contributed by atoms with Crippen LogP contribution in [-0.2, 0) is 0 Å². The van der Waals surface area contributed by atoms with Crippen molar-refractivity contribution in [2.45, 2.75) is 45.6 Å². The van der Waals surface area contributed by atoms with E-state index in [9.17, 15) is 13.6 Å². The molecule has 1 aliphatic carbocycles. The van der Waals surface area contributed by atoms with Gasteiger partial charge in [-0.05, 0) is 30.9 Å². The number of rotatable bonds is 5. The average Bonchev–Trinajstić information content (AvgIpc) is 2.92. The van der Waals surface area contributed by atoms with E-state index in [0.717, 1.165) is 31.7 Å². The van der Waals surface area contributed by atoms with E-state index >= 15 is 0 Å². The maximum atomic E-state index is 14.3. The zero-order valence-corrected chi connectivity index (χ0v) is 12.4. The van der Waals surface area contributed by atoms with Crippen molar-refractivity contribution in [2.24, 2.45) is 5.92 Å². The molecule has 0 amide bonds. The summed E-state index contributed by atoms with van der Waals surface area (Å²) in [6, 6.07) is 2.75. The third-order valence-electron chi connectivity index (χ3n) is 3.93. The maximum absolute atomic E-state index is 14.3. The van der Waals surface area contributed by atoms with E-state index in [0.29, 0.717) is 12.5 Å². The number of carboxylic acid groups (broad SMARTS) is 1. The minimum Gasteiger partial charge on any atom is -0.478 e. The van der Waals surface area contributed by atoms with Crippen molar-refractivity contribution in [3.8, 4) is 0 Å². The topological polar surface area (TPSA) is 40.5 Å². The third kappa shape index (κ3) is 3.34. The van der Waals surface area contributed by atoms with Crippen molar-refractivity contribution in [1.29, 1.82) is 0 Å². The highest BCUT2D eigenvalue weighted by Gasteiger charge is 2.28. The first-order valence-electron chi connectivity index (χ1n) is 7.39. The summed E-state index contributed by atoms with van der Waals surface area (Å²) in [6.45, 7) is 4.69. The number of carboxylic acids is 1. The Kier molecular flexibility index (Phi) is 4.80. The largest absolute Gasteiger partial charge is 0.478 e. The van der Waals surface area contributed by atoms with Gasteiger partial charge in [-0.2, -0.15) is 0 Å². The van der Waals surface area contributed by atoms with Crippen LogP contribution in [0.1, 0.15) is 49.9 Å². The summed E-state index contributed by atoms with van der Waals surface area (Å²) in [6.07, 6.45) is 4.12. The smallest absolute Gasteiger partial charge is 0.338 e. The standard InChI is InChI=1S/C16H21F2NO2/c1-10(2)9-19(11-5-3-4-6-11)13-8-7-12(16(20)21)14(17)15(13)18/h7-8,10-11H,3-6,9H2,1-2H3,(H,20,21). The molecule has 0 heterocycles. The third-order valence-corrected chi connectivity index (χ3v) is 3.93. The van der Waals surface area contributed by atoms with Crippen molar-refractivity contribution in [3.63, 3.8) is 0 Å². The summed E-state index contributed by atoms with van der Waals surface area (Å²) in [7, 11) is 0. The molecule has 3 nitrogen and oxygen atoms in total. The van der Waals surface area contributed by atoms with Crippen molar-refractivity contribution >= 4 is 11.7 Å². The van der Waals surface area contributed by atoms with Crippen LogP contribution in [0.4, 0.5) is 14.5 Å². The molecule has 1 aromatic carbocycles. The Morgan fingerprint density at radius 1 is 1.29 bits per heavy atom. The first-order chi connectivity index (χ1) is 9.91. The highest BCUT2D eigenvalue weighted by molar-refractivity contribution is 5.88. The Bertz CT molecular complexity index is 525. The zero-order chi connectivity index (χ0) is 15.6. The molecule has 1 N–H and O–H groups in total. The fourth-order valence-corrected chi connectivity index (χ4v) is 2.98. The predicted molar refractivity (Wildman–Crippen MR) is 77.8 cm³/mol. The molecule has 2 rings (SSSR count). The highest BCUT2D eigenvalue weighted by atomic mass is 19.2. The first kappa shape index (κ1) is 15.7. The Hall–Kier alpha value is -1.65. The van der Waals surface area contributed by atoms with Gasteiger partial charge in [0.15, 0.2) is 11.6 Å². The Morgan fingerprint density at radius 3 is 2.43 bits per heavy atom. The second kappa shape index (κ2) is 6.41.